The fourth-order valence-corrected chi connectivity index (χ4v) is 3.38. The van der Waals surface area contributed by atoms with Crippen molar-refractivity contribution in [2.24, 2.45) is 0 Å². The van der Waals surface area contributed by atoms with Crippen LogP contribution in [-0.4, -0.2) is 22.5 Å². The van der Waals surface area contributed by atoms with E-state index in [4.69, 9.17) is 4.74 Å². The molecule has 1 aliphatic rings. The molecule has 32 heavy (non-hydrogen) atoms. The molecule has 176 valence electrons. The Bertz CT molecular complexity index is 973. The highest BCUT2D eigenvalue weighted by atomic mass is 19.4. The second-order valence-corrected chi connectivity index (χ2v) is 7.26. The molecule has 2 heterocycles. The Labute approximate surface area is 175 Å². The van der Waals surface area contributed by atoms with Crippen LogP contribution >= 0.6 is 0 Å². The third-order valence-electron chi connectivity index (χ3n) is 4.83. The number of hydrogen-bond donors (Lipinski definition) is 1. The van der Waals surface area contributed by atoms with Crippen LogP contribution in [0.3, 0.4) is 0 Å². The number of nitrogens with zero attached hydrogens (tertiary/aromatic N) is 1. The smallest absolute Gasteiger partial charge is 0.418 e. The summed E-state index contributed by atoms with van der Waals surface area (Å²) in [7, 11) is 0. The van der Waals surface area contributed by atoms with E-state index in [2.05, 4.69) is 4.98 Å². The Morgan fingerprint density at radius 1 is 0.938 bits per heavy atom. The summed E-state index contributed by atoms with van der Waals surface area (Å²) in [5.41, 5.74) is -4.73. The zero-order chi connectivity index (χ0) is 24.1. The van der Waals surface area contributed by atoms with Gasteiger partial charge in [-0.25, -0.2) is 4.79 Å². The Morgan fingerprint density at radius 2 is 1.50 bits per heavy atom. The van der Waals surface area contributed by atoms with Gasteiger partial charge in [0.25, 0.3) is 0 Å². The van der Waals surface area contributed by atoms with Crippen molar-refractivity contribution in [1.29, 1.82) is 0 Å². The van der Waals surface area contributed by atoms with Gasteiger partial charge in [-0.05, 0) is 36.8 Å². The highest BCUT2D eigenvalue weighted by Gasteiger charge is 2.40. The molecule has 1 aromatic carbocycles. The van der Waals surface area contributed by atoms with Crippen LogP contribution in [-0.2, 0) is 29.8 Å². The fraction of sp³-hybridized carbons (Fsp3) is 0.421. The average Bonchev–Trinajstić information content (AvgIpc) is 3.02. The molecule has 1 fully saturated rings. The van der Waals surface area contributed by atoms with E-state index in [1.165, 1.54) is 6.92 Å². The molecule has 0 aliphatic carbocycles. The van der Waals surface area contributed by atoms with Crippen LogP contribution in [0.4, 0.5) is 44.3 Å². The molecule has 1 atom stereocenters. The van der Waals surface area contributed by atoms with Gasteiger partial charge < -0.3 is 14.6 Å². The summed E-state index contributed by atoms with van der Waals surface area (Å²) in [5, 5.41) is 0. The molecule has 3 rings (SSSR count). The van der Waals surface area contributed by atoms with Crippen molar-refractivity contribution in [3.05, 3.63) is 57.9 Å². The molecule has 1 unspecified atom stereocenters. The number of benzene rings is 1. The average molecular weight is 474 g/mol. The van der Waals surface area contributed by atoms with Crippen molar-refractivity contribution in [1.82, 2.24) is 9.88 Å². The minimum atomic E-state index is -5.07. The standard InChI is InChI=1S/C19H15F9N2O2/c1-9-4-13(19(26,27)28)14(29-9)8-30-3-2-15(32-16(30)31)10-5-11(17(20,21)22)7-12(6-10)18(23,24)25/h4-7,15,29H,2-3,8H2,1H3. The van der Waals surface area contributed by atoms with Crippen molar-refractivity contribution >= 4 is 6.09 Å². The number of hydrogen-bond acceptors (Lipinski definition) is 2. The number of halogens is 9. The molecule has 1 aromatic heterocycles. The molecular formula is C19H15F9N2O2. The van der Waals surface area contributed by atoms with Crippen LogP contribution < -0.4 is 0 Å². The van der Waals surface area contributed by atoms with Gasteiger partial charge >= 0.3 is 24.6 Å². The summed E-state index contributed by atoms with van der Waals surface area (Å²) in [6.07, 6.45) is -17.6. The first-order valence-electron chi connectivity index (χ1n) is 9.06. The van der Waals surface area contributed by atoms with Gasteiger partial charge in [0.1, 0.15) is 6.10 Å². The third kappa shape index (κ3) is 5.13. The van der Waals surface area contributed by atoms with Crippen molar-refractivity contribution < 1.29 is 49.0 Å². The van der Waals surface area contributed by atoms with E-state index in [1.807, 2.05) is 0 Å². The number of carbonyl (C=O) groups is 1. The van der Waals surface area contributed by atoms with Gasteiger partial charge in [-0.3, -0.25) is 0 Å². The van der Waals surface area contributed by atoms with Gasteiger partial charge in [0, 0.05) is 24.4 Å². The number of cyclic esters (lactones) is 1. The van der Waals surface area contributed by atoms with Gasteiger partial charge in [-0.15, -0.1) is 0 Å². The summed E-state index contributed by atoms with van der Waals surface area (Å²) >= 11 is 0. The predicted molar refractivity (Wildman–Crippen MR) is 91.2 cm³/mol. The Morgan fingerprint density at radius 3 is 1.97 bits per heavy atom. The van der Waals surface area contributed by atoms with Crippen LogP contribution in [0.5, 0.6) is 0 Å². The van der Waals surface area contributed by atoms with Gasteiger partial charge in [-0.1, -0.05) is 0 Å². The second-order valence-electron chi connectivity index (χ2n) is 7.26. The number of aryl methyl sites for hydroxylation is 1. The van der Waals surface area contributed by atoms with Crippen LogP contribution in [0.15, 0.2) is 24.3 Å². The van der Waals surface area contributed by atoms with E-state index in [9.17, 15) is 44.3 Å². The quantitative estimate of drug-likeness (QED) is 0.519. The maximum atomic E-state index is 13.1. The van der Waals surface area contributed by atoms with Crippen molar-refractivity contribution in [3.8, 4) is 0 Å². The molecule has 1 saturated heterocycles. The molecule has 13 heteroatoms. The lowest BCUT2D eigenvalue weighted by Gasteiger charge is -2.32. The van der Waals surface area contributed by atoms with Gasteiger partial charge in [0.05, 0.1) is 23.2 Å². The summed E-state index contributed by atoms with van der Waals surface area (Å²) < 4.78 is 123. The highest BCUT2D eigenvalue weighted by molar-refractivity contribution is 5.69. The van der Waals surface area contributed by atoms with E-state index in [0.29, 0.717) is 12.1 Å². The number of carbonyl (C=O) groups excluding carboxylic acids is 1. The van der Waals surface area contributed by atoms with Gasteiger partial charge in [0.2, 0.25) is 0 Å². The molecule has 1 N–H and O–H groups in total. The maximum Gasteiger partial charge on any atom is 0.418 e. The first kappa shape index (κ1) is 23.8. The van der Waals surface area contributed by atoms with E-state index < -0.39 is 59.5 Å². The van der Waals surface area contributed by atoms with Crippen LogP contribution in [0, 0.1) is 6.92 Å². The SMILES string of the molecule is Cc1cc(C(F)(F)F)c(CN2CCC(c3cc(C(F)(F)F)cc(C(F)(F)F)c3)OC2=O)[nH]1. The molecule has 0 spiro atoms. The summed E-state index contributed by atoms with van der Waals surface area (Å²) in [4.78, 5) is 15.7. The predicted octanol–water partition coefficient (Wildman–Crippen LogP) is 6.46. The number of rotatable bonds is 3. The first-order valence-corrected chi connectivity index (χ1v) is 9.06. The maximum absolute atomic E-state index is 13.1. The molecule has 0 saturated carbocycles. The summed E-state index contributed by atoms with van der Waals surface area (Å²) in [5.74, 6) is 0. The Hall–Kier alpha value is -2.86. The van der Waals surface area contributed by atoms with Crippen LogP contribution in [0.1, 0.15) is 46.2 Å². The summed E-state index contributed by atoms with van der Waals surface area (Å²) in [6, 6.07) is 1.72. The molecule has 4 nitrogen and oxygen atoms in total. The van der Waals surface area contributed by atoms with E-state index in [0.717, 1.165) is 11.0 Å². The lowest BCUT2D eigenvalue weighted by Crippen LogP contribution is -2.39. The number of aromatic amines is 1. The van der Waals surface area contributed by atoms with Crippen molar-refractivity contribution in [2.75, 3.05) is 6.54 Å². The molecule has 1 amide bonds. The third-order valence-corrected chi connectivity index (χ3v) is 4.83. The number of alkyl halides is 9. The molecule has 0 bridgehead atoms. The summed E-state index contributed by atoms with van der Waals surface area (Å²) in [6.45, 7) is 0.621. The minimum Gasteiger partial charge on any atom is -0.441 e. The monoisotopic (exact) mass is 474 g/mol. The minimum absolute atomic E-state index is 0.0489. The normalized spacial score (nSPS) is 18.1. The molecule has 0 radical (unpaired) electrons. The van der Waals surface area contributed by atoms with Gasteiger partial charge in [0.15, 0.2) is 0 Å². The Balaban J connectivity index is 1.83. The first-order chi connectivity index (χ1) is 14.6. The zero-order valence-electron chi connectivity index (χ0n) is 16.2. The lowest BCUT2D eigenvalue weighted by atomic mass is 9.98. The number of amides is 1. The molecule has 2 aromatic rings. The number of ether oxygens (including phenoxy) is 1. The van der Waals surface area contributed by atoms with E-state index in [-0.39, 0.29) is 30.4 Å². The van der Waals surface area contributed by atoms with Crippen molar-refractivity contribution in [3.63, 3.8) is 0 Å². The fourth-order valence-electron chi connectivity index (χ4n) is 3.38. The van der Waals surface area contributed by atoms with Gasteiger partial charge in [-0.2, -0.15) is 39.5 Å². The number of nitrogens with one attached hydrogen (secondary N) is 1. The number of H-pyrrole nitrogens is 1. The topological polar surface area (TPSA) is 45.3 Å². The van der Waals surface area contributed by atoms with E-state index in [1.54, 1.807) is 0 Å². The molecular weight excluding hydrogens is 459 g/mol. The molecule has 1 aliphatic heterocycles. The van der Waals surface area contributed by atoms with Crippen LogP contribution in [0.25, 0.3) is 0 Å². The van der Waals surface area contributed by atoms with Crippen molar-refractivity contribution in [2.45, 2.75) is 44.5 Å². The Kier molecular flexibility index (Phi) is 5.89. The van der Waals surface area contributed by atoms with Crippen LogP contribution in [0.2, 0.25) is 0 Å². The number of aromatic nitrogens is 1. The highest BCUT2D eigenvalue weighted by Crippen LogP contribution is 2.40. The largest absolute Gasteiger partial charge is 0.441 e. The second kappa shape index (κ2) is 7.93. The zero-order valence-corrected chi connectivity index (χ0v) is 16.2. The van der Waals surface area contributed by atoms with E-state index >= 15 is 0 Å². The lowest BCUT2D eigenvalue weighted by molar-refractivity contribution is -0.143.